The van der Waals surface area contributed by atoms with E-state index in [4.69, 9.17) is 4.18 Å². The molecule has 0 aromatic rings. The zero-order chi connectivity index (χ0) is 10.8. The molecule has 1 fully saturated rings. The van der Waals surface area contributed by atoms with Gasteiger partial charge in [-0.25, -0.2) is 0 Å². The van der Waals surface area contributed by atoms with E-state index in [1.165, 1.54) is 0 Å². The van der Waals surface area contributed by atoms with Crippen molar-refractivity contribution in [2.45, 2.75) is 12.5 Å². The molecule has 0 N–H and O–H groups in total. The van der Waals surface area contributed by atoms with Crippen LogP contribution in [0, 0.1) is 0 Å². The quantitative estimate of drug-likeness (QED) is 0.615. The minimum absolute atomic E-state index is 0.128. The van der Waals surface area contributed by atoms with Gasteiger partial charge in [0.2, 0.25) is 0 Å². The molecule has 1 heterocycles. The predicted molar refractivity (Wildman–Crippen MR) is 55.2 cm³/mol. The lowest BCUT2D eigenvalue weighted by Gasteiger charge is -2.17. The van der Waals surface area contributed by atoms with Crippen molar-refractivity contribution in [1.82, 2.24) is 4.90 Å². The summed E-state index contributed by atoms with van der Waals surface area (Å²) in [5.41, 5.74) is 1.09. The van der Waals surface area contributed by atoms with Crippen LogP contribution in [0.25, 0.3) is 0 Å². The molecule has 5 nitrogen and oxygen atoms in total. The average Bonchev–Trinajstić information content (AvgIpc) is 2.42. The first kappa shape index (κ1) is 11.6. The Labute approximate surface area is 84.9 Å². The van der Waals surface area contributed by atoms with Gasteiger partial charge in [0.15, 0.2) is 0 Å². The predicted octanol–water partition coefficient (Wildman–Crippen LogP) is -0.262. The largest absolute Gasteiger partial charge is 0.296 e. The summed E-state index contributed by atoms with van der Waals surface area (Å²) in [5.74, 6) is 0. The maximum atomic E-state index is 10.8. The van der Waals surface area contributed by atoms with Crippen LogP contribution < -0.4 is 0 Å². The third kappa shape index (κ3) is 3.36. The molecular weight excluding hydrogens is 204 g/mol. The van der Waals surface area contributed by atoms with Crippen LogP contribution in [0.4, 0.5) is 0 Å². The van der Waals surface area contributed by atoms with Crippen LogP contribution in [-0.4, -0.2) is 58.6 Å². The highest BCUT2D eigenvalue weighted by molar-refractivity contribution is 7.85. The van der Waals surface area contributed by atoms with Crippen LogP contribution in [0.3, 0.4) is 0 Å². The molecule has 0 aliphatic carbocycles. The fourth-order valence-corrected chi connectivity index (χ4v) is 1.86. The molecule has 14 heavy (non-hydrogen) atoms. The van der Waals surface area contributed by atoms with Crippen molar-refractivity contribution in [2.75, 3.05) is 33.5 Å². The molecule has 0 aromatic heterocycles. The molecule has 6 heteroatoms. The van der Waals surface area contributed by atoms with Gasteiger partial charge in [0.1, 0.15) is 0 Å². The smallest absolute Gasteiger partial charge is 0.264 e. The standard InChI is InChI=1S/C8H16N2O3S/c1-9-7-4-8(10(2)5-7)6-13-14(3,11)12/h8H,4-6H2,1-3H3. The number of likely N-dealkylation sites (tertiary alicyclic amines) is 1. The number of nitrogens with zero attached hydrogens (tertiary/aromatic N) is 2. The first-order chi connectivity index (χ1) is 6.42. The second-order valence-electron chi connectivity index (χ2n) is 3.55. The van der Waals surface area contributed by atoms with Gasteiger partial charge in [-0.2, -0.15) is 8.42 Å². The van der Waals surface area contributed by atoms with Crippen LogP contribution in [0.1, 0.15) is 6.42 Å². The molecule has 0 aromatic carbocycles. The van der Waals surface area contributed by atoms with E-state index < -0.39 is 10.1 Å². The Hall–Kier alpha value is -0.460. The lowest BCUT2D eigenvalue weighted by molar-refractivity contribution is 0.204. The van der Waals surface area contributed by atoms with Gasteiger partial charge >= 0.3 is 0 Å². The molecule has 1 aliphatic rings. The summed E-state index contributed by atoms with van der Waals surface area (Å²) < 4.78 is 26.3. The highest BCUT2D eigenvalue weighted by Crippen LogP contribution is 2.13. The van der Waals surface area contributed by atoms with Gasteiger partial charge in [-0.1, -0.05) is 0 Å². The summed E-state index contributed by atoms with van der Waals surface area (Å²) in [5, 5.41) is 0. The second-order valence-corrected chi connectivity index (χ2v) is 5.20. The highest BCUT2D eigenvalue weighted by atomic mass is 32.2. The normalized spacial score (nSPS) is 27.4. The van der Waals surface area contributed by atoms with Crippen molar-refractivity contribution in [2.24, 2.45) is 4.99 Å². The fraction of sp³-hybridized carbons (Fsp3) is 0.875. The van der Waals surface area contributed by atoms with Gasteiger partial charge < -0.3 is 0 Å². The lowest BCUT2D eigenvalue weighted by Crippen LogP contribution is -2.30. The highest BCUT2D eigenvalue weighted by Gasteiger charge is 2.26. The van der Waals surface area contributed by atoms with Crippen molar-refractivity contribution in [3.05, 3.63) is 0 Å². The van der Waals surface area contributed by atoms with E-state index in [9.17, 15) is 8.42 Å². The third-order valence-electron chi connectivity index (χ3n) is 2.32. The molecule has 1 aliphatic heterocycles. The van der Waals surface area contributed by atoms with Crippen LogP contribution in [-0.2, 0) is 14.3 Å². The van der Waals surface area contributed by atoms with Gasteiger partial charge in [-0.05, 0) is 7.05 Å². The van der Waals surface area contributed by atoms with Crippen molar-refractivity contribution in [3.8, 4) is 0 Å². The minimum atomic E-state index is -3.33. The number of aliphatic imine (C=N–C) groups is 1. The molecule has 0 bridgehead atoms. The Kier molecular flexibility index (Phi) is 3.63. The van der Waals surface area contributed by atoms with E-state index in [0.29, 0.717) is 0 Å². The second kappa shape index (κ2) is 4.37. The van der Waals surface area contributed by atoms with Crippen LogP contribution >= 0.6 is 0 Å². The number of rotatable bonds is 3. The Morgan fingerprint density at radius 1 is 1.64 bits per heavy atom. The van der Waals surface area contributed by atoms with Crippen molar-refractivity contribution >= 4 is 15.8 Å². The Morgan fingerprint density at radius 2 is 2.29 bits per heavy atom. The summed E-state index contributed by atoms with van der Waals surface area (Å²) in [6.45, 7) is 1.02. The maximum Gasteiger partial charge on any atom is 0.264 e. The molecule has 82 valence electrons. The number of likely N-dealkylation sites (N-methyl/N-ethyl adjacent to an activating group) is 1. The zero-order valence-corrected chi connectivity index (χ0v) is 9.54. The van der Waals surface area contributed by atoms with Crippen molar-refractivity contribution in [3.63, 3.8) is 0 Å². The molecule has 0 saturated carbocycles. The summed E-state index contributed by atoms with van der Waals surface area (Å²) >= 11 is 0. The molecule has 1 saturated heterocycles. The lowest BCUT2D eigenvalue weighted by atomic mass is 10.2. The van der Waals surface area contributed by atoms with Gasteiger partial charge in [0, 0.05) is 31.8 Å². The Bertz CT molecular complexity index is 323. The van der Waals surface area contributed by atoms with E-state index >= 15 is 0 Å². The monoisotopic (exact) mass is 220 g/mol. The van der Waals surface area contributed by atoms with E-state index in [2.05, 4.69) is 4.99 Å². The van der Waals surface area contributed by atoms with E-state index in [1.807, 2.05) is 11.9 Å². The minimum Gasteiger partial charge on any atom is -0.296 e. The molecule has 1 unspecified atom stereocenters. The van der Waals surface area contributed by atoms with Gasteiger partial charge in [-0.3, -0.25) is 14.1 Å². The first-order valence-corrected chi connectivity index (χ1v) is 6.23. The maximum absolute atomic E-state index is 10.8. The molecule has 0 spiro atoms. The third-order valence-corrected chi connectivity index (χ3v) is 2.88. The van der Waals surface area contributed by atoms with Crippen LogP contribution in [0.2, 0.25) is 0 Å². The molecule has 0 amide bonds. The van der Waals surface area contributed by atoms with Crippen molar-refractivity contribution in [1.29, 1.82) is 0 Å². The Balaban J connectivity index is 2.47. The number of hydrogen-bond donors (Lipinski definition) is 0. The summed E-state index contributed by atoms with van der Waals surface area (Å²) in [6, 6.07) is 0.128. The van der Waals surface area contributed by atoms with Crippen LogP contribution in [0.5, 0.6) is 0 Å². The summed E-state index contributed by atoms with van der Waals surface area (Å²) in [4.78, 5) is 6.15. The fourth-order valence-electron chi connectivity index (χ4n) is 1.46. The molecular formula is C8H16N2O3S. The van der Waals surface area contributed by atoms with E-state index in [0.717, 1.165) is 24.9 Å². The molecule has 0 radical (unpaired) electrons. The van der Waals surface area contributed by atoms with Crippen molar-refractivity contribution < 1.29 is 12.6 Å². The SMILES string of the molecule is CN=C1CC(COS(C)(=O)=O)N(C)C1. The first-order valence-electron chi connectivity index (χ1n) is 4.41. The topological polar surface area (TPSA) is 59.0 Å². The van der Waals surface area contributed by atoms with Gasteiger partial charge in [0.05, 0.1) is 12.9 Å². The van der Waals surface area contributed by atoms with Gasteiger partial charge in [-0.15, -0.1) is 0 Å². The molecule has 1 atom stereocenters. The average molecular weight is 220 g/mol. The van der Waals surface area contributed by atoms with Gasteiger partial charge in [0.25, 0.3) is 10.1 Å². The Morgan fingerprint density at radius 3 is 2.71 bits per heavy atom. The van der Waals surface area contributed by atoms with E-state index in [1.54, 1.807) is 7.05 Å². The number of hydrogen-bond acceptors (Lipinski definition) is 5. The van der Waals surface area contributed by atoms with E-state index in [-0.39, 0.29) is 12.6 Å². The molecule has 1 rings (SSSR count). The summed E-state index contributed by atoms with van der Waals surface area (Å²) in [6.07, 6.45) is 1.86. The van der Waals surface area contributed by atoms with Crippen LogP contribution in [0.15, 0.2) is 4.99 Å². The summed E-state index contributed by atoms with van der Waals surface area (Å²) in [7, 11) is 0.366. The zero-order valence-electron chi connectivity index (χ0n) is 8.73.